The fourth-order valence-corrected chi connectivity index (χ4v) is 2.65. The van der Waals surface area contributed by atoms with Crippen LogP contribution in [0.3, 0.4) is 0 Å². The SMILES string of the molecule is Cc1ccc(NC(=O)N2CCCC2c2ccco2)cc1F. The minimum Gasteiger partial charge on any atom is -0.467 e. The topological polar surface area (TPSA) is 45.5 Å². The van der Waals surface area contributed by atoms with E-state index in [2.05, 4.69) is 5.32 Å². The van der Waals surface area contributed by atoms with E-state index in [1.165, 1.54) is 6.07 Å². The number of carbonyl (C=O) groups is 1. The van der Waals surface area contributed by atoms with Crippen LogP contribution in [0.25, 0.3) is 0 Å². The third-order valence-corrected chi connectivity index (χ3v) is 3.81. The van der Waals surface area contributed by atoms with Crippen molar-refractivity contribution in [2.24, 2.45) is 0 Å². The van der Waals surface area contributed by atoms with E-state index in [0.29, 0.717) is 17.8 Å². The quantitative estimate of drug-likeness (QED) is 0.904. The maximum absolute atomic E-state index is 13.5. The van der Waals surface area contributed by atoms with Gasteiger partial charge in [0.05, 0.1) is 12.3 Å². The molecule has 1 saturated heterocycles. The highest BCUT2D eigenvalue weighted by molar-refractivity contribution is 5.89. The molecule has 2 aromatic rings. The molecule has 1 unspecified atom stereocenters. The van der Waals surface area contributed by atoms with Crippen LogP contribution in [0.1, 0.15) is 30.2 Å². The summed E-state index contributed by atoms with van der Waals surface area (Å²) in [6.07, 6.45) is 3.42. The molecule has 1 aliphatic heterocycles. The zero-order chi connectivity index (χ0) is 14.8. The third kappa shape index (κ3) is 2.77. The van der Waals surface area contributed by atoms with Gasteiger partial charge in [0, 0.05) is 12.2 Å². The Kier molecular flexibility index (Phi) is 3.64. The van der Waals surface area contributed by atoms with E-state index >= 15 is 0 Å². The summed E-state index contributed by atoms with van der Waals surface area (Å²) in [6, 6.07) is 8.12. The lowest BCUT2D eigenvalue weighted by molar-refractivity contribution is 0.200. The molecule has 1 atom stereocenters. The summed E-state index contributed by atoms with van der Waals surface area (Å²) < 4.78 is 18.9. The van der Waals surface area contributed by atoms with Crippen molar-refractivity contribution < 1.29 is 13.6 Å². The average Bonchev–Trinajstić information content (AvgIpc) is 3.12. The molecule has 0 spiro atoms. The number of hydrogen-bond donors (Lipinski definition) is 1. The molecule has 110 valence electrons. The average molecular weight is 288 g/mol. The Bertz CT molecular complexity index is 640. The van der Waals surface area contributed by atoms with Gasteiger partial charge in [0.25, 0.3) is 0 Å². The second-order valence-electron chi connectivity index (χ2n) is 5.26. The highest BCUT2D eigenvalue weighted by Gasteiger charge is 2.31. The first-order valence-electron chi connectivity index (χ1n) is 7.02. The zero-order valence-corrected chi connectivity index (χ0v) is 11.8. The van der Waals surface area contributed by atoms with Gasteiger partial charge in [0.2, 0.25) is 0 Å². The van der Waals surface area contributed by atoms with E-state index < -0.39 is 0 Å². The van der Waals surface area contributed by atoms with Gasteiger partial charge in [-0.25, -0.2) is 9.18 Å². The molecule has 1 N–H and O–H groups in total. The van der Waals surface area contributed by atoms with Crippen LogP contribution < -0.4 is 5.32 Å². The van der Waals surface area contributed by atoms with Crippen LogP contribution >= 0.6 is 0 Å². The van der Waals surface area contributed by atoms with Crippen molar-refractivity contribution in [1.29, 1.82) is 0 Å². The third-order valence-electron chi connectivity index (χ3n) is 3.81. The number of likely N-dealkylation sites (tertiary alicyclic amines) is 1. The number of furan rings is 1. The Balaban J connectivity index is 1.73. The largest absolute Gasteiger partial charge is 0.467 e. The van der Waals surface area contributed by atoms with Crippen LogP contribution in [-0.4, -0.2) is 17.5 Å². The number of nitrogens with zero attached hydrogens (tertiary/aromatic N) is 1. The summed E-state index contributed by atoms with van der Waals surface area (Å²) >= 11 is 0. The first-order valence-corrected chi connectivity index (χ1v) is 7.02. The summed E-state index contributed by atoms with van der Waals surface area (Å²) in [5, 5.41) is 2.75. The summed E-state index contributed by atoms with van der Waals surface area (Å²) in [5.41, 5.74) is 1.02. The molecule has 0 bridgehead atoms. The van der Waals surface area contributed by atoms with Gasteiger partial charge in [-0.3, -0.25) is 0 Å². The lowest BCUT2D eigenvalue weighted by Gasteiger charge is -2.23. The van der Waals surface area contributed by atoms with E-state index in [4.69, 9.17) is 4.42 Å². The van der Waals surface area contributed by atoms with Gasteiger partial charge in [-0.2, -0.15) is 0 Å². The molecule has 2 heterocycles. The van der Waals surface area contributed by atoms with Gasteiger partial charge in [0.15, 0.2) is 0 Å². The van der Waals surface area contributed by atoms with E-state index in [1.54, 1.807) is 30.2 Å². The Morgan fingerprint density at radius 3 is 3.00 bits per heavy atom. The highest BCUT2D eigenvalue weighted by Crippen LogP contribution is 2.32. The number of amides is 2. The number of benzene rings is 1. The molecule has 1 aliphatic rings. The molecule has 0 saturated carbocycles. The van der Waals surface area contributed by atoms with Gasteiger partial charge in [-0.15, -0.1) is 0 Å². The normalized spacial score (nSPS) is 18.0. The number of halogens is 1. The predicted octanol–water partition coefficient (Wildman–Crippen LogP) is 4.10. The minimum absolute atomic E-state index is 0.0460. The van der Waals surface area contributed by atoms with Crippen LogP contribution in [0.4, 0.5) is 14.9 Å². The van der Waals surface area contributed by atoms with Gasteiger partial charge < -0.3 is 14.6 Å². The number of anilines is 1. The fourth-order valence-electron chi connectivity index (χ4n) is 2.65. The van der Waals surface area contributed by atoms with Crippen LogP contribution in [0.5, 0.6) is 0 Å². The lowest BCUT2D eigenvalue weighted by atomic mass is 10.2. The van der Waals surface area contributed by atoms with E-state index in [-0.39, 0.29) is 17.9 Å². The molecule has 2 amide bonds. The Hall–Kier alpha value is -2.30. The lowest BCUT2D eigenvalue weighted by Crippen LogP contribution is -2.34. The van der Waals surface area contributed by atoms with Gasteiger partial charge >= 0.3 is 6.03 Å². The molecule has 1 aromatic carbocycles. The minimum atomic E-state index is -0.322. The van der Waals surface area contributed by atoms with Crippen molar-refractivity contribution in [3.05, 3.63) is 53.7 Å². The Morgan fingerprint density at radius 2 is 2.29 bits per heavy atom. The smallest absolute Gasteiger partial charge is 0.322 e. The van der Waals surface area contributed by atoms with Crippen molar-refractivity contribution in [3.63, 3.8) is 0 Å². The maximum atomic E-state index is 13.5. The maximum Gasteiger partial charge on any atom is 0.322 e. The van der Waals surface area contributed by atoms with Crippen molar-refractivity contribution in [3.8, 4) is 0 Å². The zero-order valence-electron chi connectivity index (χ0n) is 11.8. The summed E-state index contributed by atoms with van der Waals surface area (Å²) in [6.45, 7) is 2.36. The second-order valence-corrected chi connectivity index (χ2v) is 5.26. The molecule has 1 aromatic heterocycles. The molecule has 3 rings (SSSR count). The van der Waals surface area contributed by atoms with Crippen molar-refractivity contribution in [2.75, 3.05) is 11.9 Å². The fraction of sp³-hybridized carbons (Fsp3) is 0.312. The van der Waals surface area contributed by atoms with Crippen LogP contribution in [0, 0.1) is 12.7 Å². The first-order chi connectivity index (χ1) is 10.1. The van der Waals surface area contributed by atoms with Crippen molar-refractivity contribution in [1.82, 2.24) is 4.90 Å². The number of aryl methyl sites for hydroxylation is 1. The summed E-state index contributed by atoms with van der Waals surface area (Å²) in [5.74, 6) is 0.467. The number of hydrogen-bond acceptors (Lipinski definition) is 2. The van der Waals surface area contributed by atoms with Crippen LogP contribution in [-0.2, 0) is 0 Å². The molecular formula is C16H17FN2O2. The van der Waals surface area contributed by atoms with Crippen molar-refractivity contribution in [2.45, 2.75) is 25.8 Å². The monoisotopic (exact) mass is 288 g/mol. The molecule has 0 radical (unpaired) electrons. The number of nitrogens with one attached hydrogen (secondary N) is 1. The summed E-state index contributed by atoms with van der Waals surface area (Å²) in [4.78, 5) is 14.1. The number of carbonyl (C=O) groups excluding carboxylic acids is 1. The van der Waals surface area contributed by atoms with Gasteiger partial charge in [-0.05, 0) is 49.6 Å². The van der Waals surface area contributed by atoms with Crippen LogP contribution in [0.15, 0.2) is 41.0 Å². The number of urea groups is 1. The number of rotatable bonds is 2. The van der Waals surface area contributed by atoms with E-state index in [1.807, 2.05) is 12.1 Å². The molecule has 21 heavy (non-hydrogen) atoms. The highest BCUT2D eigenvalue weighted by atomic mass is 19.1. The predicted molar refractivity (Wildman–Crippen MR) is 77.5 cm³/mol. The van der Waals surface area contributed by atoms with Gasteiger partial charge in [-0.1, -0.05) is 6.07 Å². The molecule has 5 heteroatoms. The Labute approximate surface area is 122 Å². The van der Waals surface area contributed by atoms with Crippen molar-refractivity contribution >= 4 is 11.7 Å². The van der Waals surface area contributed by atoms with Gasteiger partial charge in [0.1, 0.15) is 11.6 Å². The standard InChI is InChI=1S/C16H17FN2O2/c1-11-6-7-12(10-13(11)17)18-16(20)19-8-2-4-14(19)15-5-3-9-21-15/h3,5-7,9-10,14H,2,4,8H2,1H3,(H,18,20). The second kappa shape index (κ2) is 5.60. The van der Waals surface area contributed by atoms with Crippen LogP contribution in [0.2, 0.25) is 0 Å². The molecule has 0 aliphatic carbocycles. The molecular weight excluding hydrogens is 271 g/mol. The Morgan fingerprint density at radius 1 is 1.43 bits per heavy atom. The molecule has 1 fully saturated rings. The van der Waals surface area contributed by atoms with E-state index in [9.17, 15) is 9.18 Å². The first kappa shape index (κ1) is 13.7. The van der Waals surface area contributed by atoms with E-state index in [0.717, 1.165) is 18.6 Å². The molecule has 4 nitrogen and oxygen atoms in total. The summed E-state index contributed by atoms with van der Waals surface area (Å²) in [7, 11) is 0.